The Hall–Kier alpha value is -3.74. The Morgan fingerprint density at radius 2 is 1.84 bits per heavy atom. The molecule has 0 saturated carbocycles. The van der Waals surface area contributed by atoms with Gasteiger partial charge in [-0.3, -0.25) is 9.59 Å². The number of carbonyl (C=O) groups is 2. The Balaban J connectivity index is 1.26. The monoisotopic (exact) mass is 415 g/mol. The summed E-state index contributed by atoms with van der Waals surface area (Å²) in [5, 5.41) is 8.88. The molecule has 2 aromatic carbocycles. The molecule has 3 aromatic rings. The van der Waals surface area contributed by atoms with Gasteiger partial charge in [-0.15, -0.1) is 0 Å². The van der Waals surface area contributed by atoms with Gasteiger partial charge in [0.25, 0.3) is 0 Å². The van der Waals surface area contributed by atoms with Gasteiger partial charge in [0, 0.05) is 37.3 Å². The van der Waals surface area contributed by atoms with Crippen LogP contribution in [0.15, 0.2) is 78.4 Å². The molecule has 0 radical (unpaired) electrons. The lowest BCUT2D eigenvalue weighted by atomic mass is 10.1. The summed E-state index contributed by atoms with van der Waals surface area (Å²) in [7, 11) is 0. The van der Waals surface area contributed by atoms with Gasteiger partial charge in [0.1, 0.15) is 0 Å². The van der Waals surface area contributed by atoms with Crippen LogP contribution < -0.4 is 5.32 Å². The minimum absolute atomic E-state index is 0.126. The first kappa shape index (κ1) is 20.5. The Labute approximate surface area is 181 Å². The second kappa shape index (κ2) is 9.38. The molecule has 7 nitrogen and oxygen atoms in total. The third kappa shape index (κ3) is 5.06. The van der Waals surface area contributed by atoms with Gasteiger partial charge in [-0.05, 0) is 30.2 Å². The maximum atomic E-state index is 12.5. The predicted molar refractivity (Wildman–Crippen MR) is 119 cm³/mol. The highest BCUT2D eigenvalue weighted by molar-refractivity contribution is 6.02. The number of nitrogens with one attached hydrogen (secondary N) is 1. The normalized spacial score (nSPS) is 14.2. The Morgan fingerprint density at radius 1 is 1.06 bits per heavy atom. The van der Waals surface area contributed by atoms with E-state index in [1.165, 1.54) is 5.01 Å². The molecule has 1 N–H and O–H groups in total. The summed E-state index contributed by atoms with van der Waals surface area (Å²) in [6, 6.07) is 17.6. The van der Waals surface area contributed by atoms with Crippen LogP contribution in [0.1, 0.15) is 43.4 Å². The molecule has 158 valence electrons. The lowest BCUT2D eigenvalue weighted by Gasteiger charge is -2.16. The molecule has 0 aliphatic carbocycles. The predicted octanol–water partition coefficient (Wildman–Crippen LogP) is 3.47. The summed E-state index contributed by atoms with van der Waals surface area (Å²) in [6.45, 7) is 2.49. The van der Waals surface area contributed by atoms with Crippen molar-refractivity contribution in [3.8, 4) is 5.69 Å². The number of rotatable bonds is 7. The molecule has 1 atom stereocenters. The van der Waals surface area contributed by atoms with Gasteiger partial charge in [0.05, 0.1) is 24.6 Å². The van der Waals surface area contributed by atoms with E-state index in [4.69, 9.17) is 0 Å². The fourth-order valence-corrected chi connectivity index (χ4v) is 3.56. The fraction of sp³-hybridized carbons (Fsp3) is 0.250. The lowest BCUT2D eigenvalue weighted by molar-refractivity contribution is -0.133. The number of hydrogen-bond donors (Lipinski definition) is 1. The van der Waals surface area contributed by atoms with Crippen LogP contribution in [-0.4, -0.2) is 38.6 Å². The van der Waals surface area contributed by atoms with Crippen LogP contribution in [-0.2, 0) is 9.59 Å². The zero-order valence-electron chi connectivity index (χ0n) is 17.4. The van der Waals surface area contributed by atoms with Gasteiger partial charge >= 0.3 is 0 Å². The number of carbonyl (C=O) groups excluding carboxylic acids is 2. The number of aromatic nitrogens is 2. The van der Waals surface area contributed by atoms with E-state index in [-0.39, 0.29) is 30.7 Å². The number of hydrazone groups is 1. The minimum Gasteiger partial charge on any atom is -0.350 e. The topological polar surface area (TPSA) is 79.6 Å². The van der Waals surface area contributed by atoms with Crippen LogP contribution in [0.2, 0.25) is 0 Å². The molecule has 0 spiro atoms. The maximum absolute atomic E-state index is 12.5. The van der Waals surface area contributed by atoms with Crippen molar-refractivity contribution in [2.24, 2.45) is 5.10 Å². The number of nitrogens with zero attached hydrogens (tertiary/aromatic N) is 4. The number of amides is 2. The maximum Gasteiger partial charge on any atom is 0.243 e. The summed E-state index contributed by atoms with van der Waals surface area (Å²) in [5.41, 5.74) is 3.95. The highest BCUT2D eigenvalue weighted by Crippen LogP contribution is 2.17. The summed E-state index contributed by atoms with van der Waals surface area (Å²) >= 11 is 0. The zero-order chi connectivity index (χ0) is 21.6. The smallest absolute Gasteiger partial charge is 0.243 e. The molecule has 0 saturated heterocycles. The first-order chi connectivity index (χ1) is 15.1. The first-order valence-corrected chi connectivity index (χ1v) is 10.4. The van der Waals surface area contributed by atoms with Crippen molar-refractivity contribution in [2.75, 3.05) is 6.54 Å². The zero-order valence-corrected chi connectivity index (χ0v) is 17.4. The van der Waals surface area contributed by atoms with Gasteiger partial charge in [-0.25, -0.2) is 9.99 Å². The van der Waals surface area contributed by atoms with Crippen LogP contribution >= 0.6 is 0 Å². The number of benzene rings is 2. The van der Waals surface area contributed by atoms with E-state index in [2.05, 4.69) is 15.4 Å². The molecule has 31 heavy (non-hydrogen) atoms. The van der Waals surface area contributed by atoms with Crippen LogP contribution in [0.3, 0.4) is 0 Å². The van der Waals surface area contributed by atoms with Crippen LogP contribution in [0.25, 0.3) is 5.69 Å². The molecule has 7 heteroatoms. The summed E-state index contributed by atoms with van der Waals surface area (Å²) in [5.74, 6) is -0.274. The fourth-order valence-electron chi connectivity index (χ4n) is 3.56. The quantitative estimate of drug-likeness (QED) is 0.642. The second-order valence-electron chi connectivity index (χ2n) is 7.53. The SMILES string of the molecule is C[C@H](NC(=O)CCC(=O)N1CCC(c2ccccc2)=N1)c1ccc(-n2ccnc2)cc1. The van der Waals surface area contributed by atoms with E-state index in [1.54, 1.807) is 12.5 Å². The highest BCUT2D eigenvalue weighted by atomic mass is 16.2. The largest absolute Gasteiger partial charge is 0.350 e. The molecule has 2 heterocycles. The van der Waals surface area contributed by atoms with Gasteiger partial charge in [0.15, 0.2) is 0 Å². The van der Waals surface area contributed by atoms with Crippen molar-refractivity contribution >= 4 is 17.5 Å². The van der Waals surface area contributed by atoms with Crippen LogP contribution in [0.4, 0.5) is 0 Å². The Morgan fingerprint density at radius 3 is 2.55 bits per heavy atom. The van der Waals surface area contributed by atoms with E-state index < -0.39 is 0 Å². The van der Waals surface area contributed by atoms with Crippen LogP contribution in [0.5, 0.6) is 0 Å². The van der Waals surface area contributed by atoms with E-state index in [0.717, 1.165) is 28.9 Å². The standard InChI is InChI=1S/C24H25N5O2/c1-18(19-7-9-21(10-8-19)28-16-14-25-17-28)26-23(30)11-12-24(31)29-15-13-22(27-29)20-5-3-2-4-6-20/h2-10,14,16-18H,11-13,15H2,1H3,(H,26,30)/t18-/m0/s1. The molecule has 2 amide bonds. The lowest BCUT2D eigenvalue weighted by Crippen LogP contribution is -2.29. The molecule has 0 bridgehead atoms. The van der Waals surface area contributed by atoms with Gasteiger partial charge in [-0.2, -0.15) is 5.10 Å². The second-order valence-corrected chi connectivity index (χ2v) is 7.53. The van der Waals surface area contributed by atoms with Crippen molar-refractivity contribution in [1.82, 2.24) is 19.9 Å². The van der Waals surface area contributed by atoms with E-state index in [9.17, 15) is 9.59 Å². The van der Waals surface area contributed by atoms with E-state index in [0.29, 0.717) is 6.54 Å². The average Bonchev–Trinajstić information content (AvgIpc) is 3.51. The first-order valence-electron chi connectivity index (χ1n) is 10.4. The van der Waals surface area contributed by atoms with E-state index in [1.807, 2.05) is 72.3 Å². The molecule has 4 rings (SSSR count). The molecule has 1 aromatic heterocycles. The summed E-state index contributed by atoms with van der Waals surface area (Å²) < 4.78 is 1.92. The third-order valence-corrected chi connectivity index (χ3v) is 5.34. The van der Waals surface area contributed by atoms with Crippen molar-refractivity contribution in [3.63, 3.8) is 0 Å². The molecular formula is C24H25N5O2. The molecule has 1 aliphatic heterocycles. The Bertz CT molecular complexity index is 1060. The number of imidazole rings is 1. The minimum atomic E-state index is -0.147. The van der Waals surface area contributed by atoms with Crippen molar-refractivity contribution in [1.29, 1.82) is 0 Å². The van der Waals surface area contributed by atoms with Gasteiger partial charge < -0.3 is 9.88 Å². The summed E-state index contributed by atoms with van der Waals surface area (Å²) in [4.78, 5) is 28.9. The average molecular weight is 415 g/mol. The molecular weight excluding hydrogens is 390 g/mol. The molecule has 1 aliphatic rings. The Kier molecular flexibility index (Phi) is 6.21. The van der Waals surface area contributed by atoms with E-state index >= 15 is 0 Å². The number of hydrogen-bond acceptors (Lipinski definition) is 4. The van der Waals surface area contributed by atoms with Crippen molar-refractivity contribution in [3.05, 3.63) is 84.4 Å². The van der Waals surface area contributed by atoms with Crippen molar-refractivity contribution < 1.29 is 9.59 Å². The molecule has 0 fully saturated rings. The summed E-state index contributed by atoms with van der Waals surface area (Å²) in [6.07, 6.45) is 6.36. The van der Waals surface area contributed by atoms with Crippen molar-refractivity contribution in [2.45, 2.75) is 32.2 Å². The van der Waals surface area contributed by atoms with Crippen LogP contribution in [0, 0.1) is 0 Å². The van der Waals surface area contributed by atoms with Gasteiger partial charge in [0.2, 0.25) is 11.8 Å². The highest BCUT2D eigenvalue weighted by Gasteiger charge is 2.22. The van der Waals surface area contributed by atoms with Gasteiger partial charge in [-0.1, -0.05) is 42.5 Å². The third-order valence-electron chi connectivity index (χ3n) is 5.34. The molecule has 0 unspecified atom stereocenters.